The van der Waals surface area contributed by atoms with Gasteiger partial charge < -0.3 is 25.6 Å². The number of ether oxygens (including phenoxy) is 1. The van der Waals surface area contributed by atoms with E-state index in [-0.39, 0.29) is 42.5 Å². The Labute approximate surface area is 189 Å². The molecule has 0 saturated carbocycles. The molecular formula is C20H32IN5O3. The summed E-state index contributed by atoms with van der Waals surface area (Å²) in [5.41, 5.74) is 7.42. The lowest BCUT2D eigenvalue weighted by atomic mass is 10.1. The molecule has 0 spiro atoms. The summed E-state index contributed by atoms with van der Waals surface area (Å²) >= 11 is 0. The maximum atomic E-state index is 12.1. The quantitative estimate of drug-likeness (QED) is 0.364. The van der Waals surface area contributed by atoms with Crippen LogP contribution in [-0.2, 0) is 16.0 Å². The van der Waals surface area contributed by atoms with E-state index in [1.54, 1.807) is 4.90 Å². The van der Waals surface area contributed by atoms with Crippen LogP contribution in [0.3, 0.4) is 0 Å². The molecule has 162 valence electrons. The highest BCUT2D eigenvalue weighted by molar-refractivity contribution is 14.0. The number of anilines is 1. The highest BCUT2D eigenvalue weighted by Crippen LogP contribution is 2.12. The topological polar surface area (TPSA) is 100 Å². The van der Waals surface area contributed by atoms with Crippen LogP contribution in [0.5, 0.6) is 0 Å². The Morgan fingerprint density at radius 1 is 1.17 bits per heavy atom. The Morgan fingerprint density at radius 2 is 1.79 bits per heavy atom. The molecule has 0 unspecified atom stereocenters. The summed E-state index contributed by atoms with van der Waals surface area (Å²) in [4.78, 5) is 31.9. The van der Waals surface area contributed by atoms with E-state index in [2.05, 4.69) is 17.2 Å². The van der Waals surface area contributed by atoms with Crippen molar-refractivity contribution in [2.75, 3.05) is 38.0 Å². The van der Waals surface area contributed by atoms with Crippen molar-refractivity contribution < 1.29 is 14.3 Å². The summed E-state index contributed by atoms with van der Waals surface area (Å²) in [5.74, 6) is 0.0879. The SMILES string of the molecule is CCc1cccc(NC(=O)CN=C(N)N2CCN(C(=O)OC(C)(C)C)CC2)c1.I. The third-order valence-corrected chi connectivity index (χ3v) is 4.26. The van der Waals surface area contributed by atoms with Gasteiger partial charge in [0.25, 0.3) is 0 Å². The Bertz CT molecular complexity index is 725. The molecule has 1 aliphatic rings. The van der Waals surface area contributed by atoms with Gasteiger partial charge in [0.2, 0.25) is 5.91 Å². The average molecular weight is 517 g/mol. The Hall–Kier alpha value is -2.04. The summed E-state index contributed by atoms with van der Waals surface area (Å²) in [5, 5.41) is 2.83. The number of benzene rings is 1. The van der Waals surface area contributed by atoms with E-state index in [9.17, 15) is 9.59 Å². The molecule has 1 aromatic rings. The number of nitrogens with one attached hydrogen (secondary N) is 1. The number of rotatable bonds is 4. The molecule has 1 saturated heterocycles. The van der Waals surface area contributed by atoms with E-state index >= 15 is 0 Å². The molecule has 1 fully saturated rings. The third-order valence-electron chi connectivity index (χ3n) is 4.26. The van der Waals surface area contributed by atoms with Gasteiger partial charge in [-0.3, -0.25) is 4.79 Å². The van der Waals surface area contributed by atoms with Gasteiger partial charge in [0.15, 0.2) is 5.96 Å². The molecule has 9 heteroatoms. The largest absolute Gasteiger partial charge is 0.444 e. The van der Waals surface area contributed by atoms with Crippen molar-refractivity contribution in [3.05, 3.63) is 29.8 Å². The first kappa shape index (κ1) is 25.0. The standard InChI is InChI=1S/C20H31N5O3.HI/c1-5-15-7-6-8-16(13-15)23-17(26)14-22-18(21)24-9-11-25(12-10-24)19(27)28-20(2,3)4;/h6-8,13H,5,9-12,14H2,1-4H3,(H2,21,22)(H,23,26);1H. The summed E-state index contributed by atoms with van der Waals surface area (Å²) < 4.78 is 5.38. The van der Waals surface area contributed by atoms with Crippen molar-refractivity contribution in [1.29, 1.82) is 0 Å². The van der Waals surface area contributed by atoms with Crippen LogP contribution in [0.1, 0.15) is 33.3 Å². The number of aliphatic imine (C=N–C) groups is 1. The number of aryl methyl sites for hydroxylation is 1. The van der Waals surface area contributed by atoms with E-state index < -0.39 is 5.60 Å². The molecule has 29 heavy (non-hydrogen) atoms. The summed E-state index contributed by atoms with van der Waals surface area (Å²) in [6.07, 6.45) is 0.584. The zero-order valence-electron chi connectivity index (χ0n) is 17.6. The fraction of sp³-hybridized carbons (Fsp3) is 0.550. The molecule has 0 radical (unpaired) electrons. The van der Waals surface area contributed by atoms with Crippen molar-refractivity contribution in [1.82, 2.24) is 9.80 Å². The van der Waals surface area contributed by atoms with Crippen LogP contribution in [-0.4, -0.2) is 66.1 Å². The molecule has 0 aromatic heterocycles. The first-order valence-electron chi connectivity index (χ1n) is 9.59. The number of carbonyl (C=O) groups is 2. The highest BCUT2D eigenvalue weighted by atomic mass is 127. The average Bonchev–Trinajstić information content (AvgIpc) is 2.65. The van der Waals surface area contributed by atoms with Gasteiger partial charge >= 0.3 is 6.09 Å². The molecule has 8 nitrogen and oxygen atoms in total. The molecular weight excluding hydrogens is 485 g/mol. The smallest absolute Gasteiger partial charge is 0.410 e. The van der Waals surface area contributed by atoms with E-state index in [0.29, 0.717) is 32.1 Å². The van der Waals surface area contributed by atoms with Crippen LogP contribution in [0, 0.1) is 0 Å². The number of halogens is 1. The lowest BCUT2D eigenvalue weighted by Gasteiger charge is -2.36. The number of amides is 2. The molecule has 0 aliphatic carbocycles. The predicted octanol–water partition coefficient (Wildman–Crippen LogP) is 2.67. The second-order valence-electron chi connectivity index (χ2n) is 7.73. The minimum atomic E-state index is -0.515. The number of carbonyl (C=O) groups excluding carboxylic acids is 2. The van der Waals surface area contributed by atoms with Crippen LogP contribution in [0.15, 0.2) is 29.3 Å². The van der Waals surface area contributed by atoms with E-state index in [1.807, 2.05) is 49.9 Å². The van der Waals surface area contributed by atoms with Gasteiger partial charge in [-0.2, -0.15) is 0 Å². The lowest BCUT2D eigenvalue weighted by Crippen LogP contribution is -2.53. The molecule has 0 bridgehead atoms. The van der Waals surface area contributed by atoms with Crippen molar-refractivity contribution in [2.24, 2.45) is 10.7 Å². The van der Waals surface area contributed by atoms with Gasteiger partial charge in [0, 0.05) is 31.9 Å². The number of guanidine groups is 1. The summed E-state index contributed by atoms with van der Waals surface area (Å²) in [6, 6.07) is 7.72. The molecule has 1 aromatic carbocycles. The van der Waals surface area contributed by atoms with Crippen LogP contribution in [0.4, 0.5) is 10.5 Å². The zero-order chi connectivity index (χ0) is 20.7. The van der Waals surface area contributed by atoms with Crippen molar-refractivity contribution in [2.45, 2.75) is 39.7 Å². The van der Waals surface area contributed by atoms with Gasteiger partial charge in [-0.1, -0.05) is 19.1 Å². The second-order valence-corrected chi connectivity index (χ2v) is 7.73. The molecule has 0 atom stereocenters. The maximum absolute atomic E-state index is 12.1. The monoisotopic (exact) mass is 517 g/mol. The Morgan fingerprint density at radius 3 is 2.38 bits per heavy atom. The third kappa shape index (κ3) is 8.46. The molecule has 1 aliphatic heterocycles. The Kier molecular flexibility index (Phi) is 9.67. The van der Waals surface area contributed by atoms with Gasteiger partial charge in [0.05, 0.1) is 0 Å². The predicted molar refractivity (Wildman–Crippen MR) is 126 cm³/mol. The fourth-order valence-corrected chi connectivity index (χ4v) is 2.77. The number of nitrogens with two attached hydrogens (primary N) is 1. The minimum absolute atomic E-state index is 0. The summed E-state index contributed by atoms with van der Waals surface area (Å²) in [7, 11) is 0. The molecule has 2 rings (SSSR count). The number of piperazine rings is 1. The first-order chi connectivity index (χ1) is 13.2. The summed E-state index contributed by atoms with van der Waals surface area (Å²) in [6.45, 7) is 9.65. The van der Waals surface area contributed by atoms with E-state index in [4.69, 9.17) is 10.5 Å². The lowest BCUT2D eigenvalue weighted by molar-refractivity contribution is -0.114. The Balaban J connectivity index is 0.00000420. The van der Waals surface area contributed by atoms with Crippen LogP contribution in [0.2, 0.25) is 0 Å². The molecule has 2 amide bonds. The number of nitrogens with zero attached hydrogens (tertiary/aromatic N) is 3. The van der Waals surface area contributed by atoms with Crippen LogP contribution in [0.25, 0.3) is 0 Å². The van der Waals surface area contributed by atoms with Gasteiger partial charge in [-0.25, -0.2) is 9.79 Å². The van der Waals surface area contributed by atoms with Gasteiger partial charge in [0.1, 0.15) is 12.1 Å². The van der Waals surface area contributed by atoms with E-state index in [1.165, 1.54) is 0 Å². The number of hydrogen-bond donors (Lipinski definition) is 2. The van der Waals surface area contributed by atoms with Gasteiger partial charge in [-0.05, 0) is 44.9 Å². The van der Waals surface area contributed by atoms with Crippen LogP contribution >= 0.6 is 24.0 Å². The van der Waals surface area contributed by atoms with Crippen molar-refractivity contribution in [3.8, 4) is 0 Å². The first-order valence-corrected chi connectivity index (χ1v) is 9.59. The van der Waals surface area contributed by atoms with E-state index in [0.717, 1.165) is 17.7 Å². The second kappa shape index (κ2) is 11.2. The minimum Gasteiger partial charge on any atom is -0.444 e. The zero-order valence-corrected chi connectivity index (χ0v) is 19.9. The normalized spacial score (nSPS) is 14.8. The molecule has 3 N–H and O–H groups in total. The van der Waals surface area contributed by atoms with Gasteiger partial charge in [-0.15, -0.1) is 24.0 Å². The number of hydrogen-bond acceptors (Lipinski definition) is 4. The fourth-order valence-electron chi connectivity index (χ4n) is 2.77. The molecule has 1 heterocycles. The maximum Gasteiger partial charge on any atom is 0.410 e. The van der Waals surface area contributed by atoms with Crippen molar-refractivity contribution in [3.63, 3.8) is 0 Å². The van der Waals surface area contributed by atoms with Crippen molar-refractivity contribution >= 4 is 47.6 Å². The van der Waals surface area contributed by atoms with Crippen LogP contribution < -0.4 is 11.1 Å². The highest BCUT2D eigenvalue weighted by Gasteiger charge is 2.26.